The maximum atomic E-state index is 13.1. The summed E-state index contributed by atoms with van der Waals surface area (Å²) in [4.78, 5) is 0. The Labute approximate surface area is 117 Å². The standard InChI is InChI=1S/C16H20F3N/c17-16(18,19)14-6-1-2-7-15(14)20-13-9-8-11-4-3-5-12(11)10-13/h8-10,14-15,20H,1-7H2. The Bertz CT molecular complexity index is 481. The first-order chi connectivity index (χ1) is 9.54. The van der Waals surface area contributed by atoms with E-state index in [1.807, 2.05) is 12.1 Å². The maximum Gasteiger partial charge on any atom is 0.393 e. The molecule has 4 heteroatoms. The lowest BCUT2D eigenvalue weighted by atomic mass is 9.84. The molecule has 1 N–H and O–H groups in total. The van der Waals surface area contributed by atoms with Crippen LogP contribution in [0.4, 0.5) is 18.9 Å². The molecule has 2 atom stereocenters. The lowest BCUT2D eigenvalue weighted by Crippen LogP contribution is -2.41. The normalized spacial score (nSPS) is 26.4. The Morgan fingerprint density at radius 3 is 2.50 bits per heavy atom. The van der Waals surface area contributed by atoms with Crippen LogP contribution in [0.25, 0.3) is 0 Å². The van der Waals surface area contributed by atoms with E-state index in [1.54, 1.807) is 0 Å². The number of hydrogen-bond donors (Lipinski definition) is 1. The molecule has 0 radical (unpaired) electrons. The predicted molar refractivity (Wildman–Crippen MR) is 73.9 cm³/mol. The average molecular weight is 283 g/mol. The summed E-state index contributed by atoms with van der Waals surface area (Å²) in [5, 5.41) is 3.15. The molecule has 110 valence electrons. The number of hydrogen-bond acceptors (Lipinski definition) is 1. The van der Waals surface area contributed by atoms with Gasteiger partial charge in [0.15, 0.2) is 0 Å². The molecular formula is C16H20F3N. The molecule has 20 heavy (non-hydrogen) atoms. The van der Waals surface area contributed by atoms with Crippen LogP contribution in [0.3, 0.4) is 0 Å². The van der Waals surface area contributed by atoms with Crippen LogP contribution in [0.15, 0.2) is 18.2 Å². The fraction of sp³-hybridized carbons (Fsp3) is 0.625. The van der Waals surface area contributed by atoms with Crippen LogP contribution in [0, 0.1) is 5.92 Å². The van der Waals surface area contributed by atoms with E-state index in [0.717, 1.165) is 31.4 Å². The third-order valence-electron chi connectivity index (χ3n) is 4.64. The van der Waals surface area contributed by atoms with E-state index in [2.05, 4.69) is 11.4 Å². The van der Waals surface area contributed by atoms with E-state index >= 15 is 0 Å². The molecule has 1 fully saturated rings. The van der Waals surface area contributed by atoms with Crippen molar-refractivity contribution in [1.82, 2.24) is 0 Å². The van der Waals surface area contributed by atoms with E-state index in [-0.39, 0.29) is 6.42 Å². The quantitative estimate of drug-likeness (QED) is 0.829. The molecule has 1 nitrogen and oxygen atoms in total. The molecule has 0 aliphatic heterocycles. The molecule has 1 aromatic carbocycles. The van der Waals surface area contributed by atoms with Gasteiger partial charge in [-0.1, -0.05) is 18.9 Å². The number of aryl methyl sites for hydroxylation is 2. The van der Waals surface area contributed by atoms with Crippen LogP contribution in [0.2, 0.25) is 0 Å². The minimum atomic E-state index is -4.09. The second-order valence-electron chi connectivity index (χ2n) is 6.02. The van der Waals surface area contributed by atoms with Crippen molar-refractivity contribution in [3.63, 3.8) is 0 Å². The van der Waals surface area contributed by atoms with Crippen LogP contribution in [-0.2, 0) is 12.8 Å². The number of benzene rings is 1. The zero-order valence-corrected chi connectivity index (χ0v) is 11.5. The van der Waals surface area contributed by atoms with E-state index in [0.29, 0.717) is 12.8 Å². The Morgan fingerprint density at radius 2 is 1.70 bits per heavy atom. The molecule has 1 saturated carbocycles. The van der Waals surface area contributed by atoms with E-state index in [1.165, 1.54) is 11.1 Å². The lowest BCUT2D eigenvalue weighted by Gasteiger charge is -2.34. The van der Waals surface area contributed by atoms with Gasteiger partial charge in [-0.25, -0.2) is 0 Å². The van der Waals surface area contributed by atoms with Crippen molar-refractivity contribution in [3.05, 3.63) is 29.3 Å². The van der Waals surface area contributed by atoms with E-state index in [9.17, 15) is 13.2 Å². The summed E-state index contributed by atoms with van der Waals surface area (Å²) in [5.41, 5.74) is 3.51. The van der Waals surface area contributed by atoms with Crippen molar-refractivity contribution in [3.8, 4) is 0 Å². The highest BCUT2D eigenvalue weighted by atomic mass is 19.4. The van der Waals surface area contributed by atoms with Crippen molar-refractivity contribution >= 4 is 5.69 Å². The Kier molecular flexibility index (Phi) is 3.65. The molecular weight excluding hydrogens is 263 g/mol. The zero-order valence-electron chi connectivity index (χ0n) is 11.5. The van der Waals surface area contributed by atoms with Gasteiger partial charge in [0.1, 0.15) is 0 Å². The van der Waals surface area contributed by atoms with Gasteiger partial charge in [-0.3, -0.25) is 0 Å². The third kappa shape index (κ3) is 2.79. The van der Waals surface area contributed by atoms with Crippen LogP contribution in [0.5, 0.6) is 0 Å². The fourth-order valence-corrected chi connectivity index (χ4v) is 3.57. The van der Waals surface area contributed by atoms with Crippen molar-refractivity contribution in [1.29, 1.82) is 0 Å². The molecule has 0 spiro atoms. The first-order valence-corrected chi connectivity index (χ1v) is 7.49. The van der Waals surface area contributed by atoms with Gasteiger partial charge in [-0.05, 0) is 55.4 Å². The van der Waals surface area contributed by atoms with Crippen molar-refractivity contribution < 1.29 is 13.2 Å². The van der Waals surface area contributed by atoms with Crippen molar-refractivity contribution in [2.75, 3.05) is 5.32 Å². The molecule has 1 aromatic rings. The summed E-state index contributed by atoms with van der Waals surface area (Å²) in [5.74, 6) is -1.20. The number of nitrogens with one attached hydrogen (secondary N) is 1. The number of halogens is 3. The number of fused-ring (bicyclic) bond motifs is 1. The second kappa shape index (κ2) is 5.30. The summed E-state index contributed by atoms with van der Waals surface area (Å²) in [6, 6.07) is 5.58. The molecule has 0 amide bonds. The summed E-state index contributed by atoms with van der Waals surface area (Å²) in [6.45, 7) is 0. The summed E-state index contributed by atoms with van der Waals surface area (Å²) in [6.07, 6.45) is 1.67. The number of anilines is 1. The highest BCUT2D eigenvalue weighted by Gasteiger charge is 2.45. The topological polar surface area (TPSA) is 12.0 Å². The molecule has 0 heterocycles. The van der Waals surface area contributed by atoms with Crippen LogP contribution >= 0.6 is 0 Å². The first-order valence-electron chi connectivity index (χ1n) is 7.49. The van der Waals surface area contributed by atoms with Crippen molar-refractivity contribution in [2.24, 2.45) is 5.92 Å². The molecule has 0 saturated heterocycles. The Hall–Kier alpha value is -1.19. The van der Waals surface area contributed by atoms with Gasteiger partial charge < -0.3 is 5.32 Å². The largest absolute Gasteiger partial charge is 0.393 e. The molecule has 2 aliphatic rings. The van der Waals surface area contributed by atoms with Crippen LogP contribution in [0.1, 0.15) is 43.2 Å². The van der Waals surface area contributed by atoms with Gasteiger partial charge in [0.05, 0.1) is 5.92 Å². The Morgan fingerprint density at radius 1 is 0.950 bits per heavy atom. The number of alkyl halides is 3. The fourth-order valence-electron chi connectivity index (χ4n) is 3.57. The SMILES string of the molecule is FC(F)(F)C1CCCCC1Nc1ccc2c(c1)CCC2. The summed E-state index contributed by atoms with van der Waals surface area (Å²) >= 11 is 0. The van der Waals surface area contributed by atoms with Gasteiger partial charge in [0, 0.05) is 11.7 Å². The smallest absolute Gasteiger partial charge is 0.382 e. The molecule has 2 aliphatic carbocycles. The van der Waals surface area contributed by atoms with Gasteiger partial charge in [0.2, 0.25) is 0 Å². The summed E-state index contributed by atoms with van der Waals surface area (Å²) < 4.78 is 39.2. The van der Waals surface area contributed by atoms with Crippen LogP contribution in [-0.4, -0.2) is 12.2 Å². The van der Waals surface area contributed by atoms with Crippen molar-refractivity contribution in [2.45, 2.75) is 57.2 Å². The van der Waals surface area contributed by atoms with Gasteiger partial charge in [-0.2, -0.15) is 13.2 Å². The molecule has 2 unspecified atom stereocenters. The highest BCUT2D eigenvalue weighted by Crippen LogP contribution is 2.39. The second-order valence-corrected chi connectivity index (χ2v) is 6.02. The lowest BCUT2D eigenvalue weighted by molar-refractivity contribution is -0.184. The minimum absolute atomic E-state index is 0.256. The third-order valence-corrected chi connectivity index (χ3v) is 4.64. The first kappa shape index (κ1) is 13.8. The highest BCUT2D eigenvalue weighted by molar-refractivity contribution is 5.50. The van der Waals surface area contributed by atoms with E-state index in [4.69, 9.17) is 0 Å². The van der Waals surface area contributed by atoms with Gasteiger partial charge >= 0.3 is 6.18 Å². The minimum Gasteiger partial charge on any atom is -0.382 e. The zero-order chi connectivity index (χ0) is 14.2. The molecule has 0 aromatic heterocycles. The number of rotatable bonds is 2. The van der Waals surface area contributed by atoms with Gasteiger partial charge in [-0.15, -0.1) is 0 Å². The predicted octanol–water partition coefficient (Wildman–Crippen LogP) is 4.71. The van der Waals surface area contributed by atoms with Crippen LogP contribution < -0.4 is 5.32 Å². The maximum absolute atomic E-state index is 13.1. The molecule has 0 bridgehead atoms. The monoisotopic (exact) mass is 283 g/mol. The van der Waals surface area contributed by atoms with Gasteiger partial charge in [0.25, 0.3) is 0 Å². The van der Waals surface area contributed by atoms with E-state index < -0.39 is 18.1 Å². The summed E-state index contributed by atoms with van der Waals surface area (Å²) in [7, 11) is 0. The molecule has 3 rings (SSSR count). The Balaban J connectivity index is 1.75. The average Bonchev–Trinajstić information content (AvgIpc) is 2.85.